The number of aliphatic hydroxyl groups is 2. The lowest BCUT2D eigenvalue weighted by atomic mass is 10.0. The molecule has 0 aliphatic carbocycles. The molecule has 0 aliphatic rings. The summed E-state index contributed by atoms with van der Waals surface area (Å²) in [5.41, 5.74) is 9.39. The van der Waals surface area contributed by atoms with Crippen LogP contribution in [-0.4, -0.2) is 33.1 Å². The van der Waals surface area contributed by atoms with Crippen molar-refractivity contribution in [1.29, 1.82) is 0 Å². The molecule has 8 heteroatoms. The van der Waals surface area contributed by atoms with Crippen molar-refractivity contribution in [1.82, 2.24) is 10.2 Å². The second-order valence-corrected chi connectivity index (χ2v) is 4.14. The van der Waals surface area contributed by atoms with Gasteiger partial charge in [-0.2, -0.15) is 5.10 Å². The molecule has 1 heterocycles. The molecule has 0 bridgehead atoms. The molecule has 0 saturated heterocycles. The van der Waals surface area contributed by atoms with Crippen molar-refractivity contribution in [2.75, 3.05) is 6.54 Å². The third-order valence-electron chi connectivity index (χ3n) is 2.80. The zero-order chi connectivity index (χ0) is 14.5. The van der Waals surface area contributed by atoms with Crippen LogP contribution in [0.4, 0.5) is 4.39 Å². The molecule has 2 unspecified atom stereocenters. The van der Waals surface area contributed by atoms with E-state index in [4.69, 9.17) is 5.53 Å². The van der Waals surface area contributed by atoms with E-state index in [-0.39, 0.29) is 6.54 Å². The van der Waals surface area contributed by atoms with Gasteiger partial charge in [-0.15, -0.1) is 0 Å². The summed E-state index contributed by atoms with van der Waals surface area (Å²) in [6, 6.07) is 5.75. The molecule has 0 aliphatic heterocycles. The van der Waals surface area contributed by atoms with E-state index in [9.17, 15) is 14.6 Å². The predicted octanol–water partition coefficient (Wildman–Crippen LogP) is 1.92. The fraction of sp³-hybridized carbons (Fsp3) is 0.250. The summed E-state index contributed by atoms with van der Waals surface area (Å²) in [5, 5.41) is 29.4. The minimum Gasteiger partial charge on any atom is -0.390 e. The Bertz CT molecular complexity index is 638. The van der Waals surface area contributed by atoms with E-state index >= 15 is 0 Å². The summed E-state index contributed by atoms with van der Waals surface area (Å²) in [6.45, 7) is -0.272. The van der Waals surface area contributed by atoms with Crippen molar-refractivity contribution < 1.29 is 14.6 Å². The number of benzene rings is 1. The van der Waals surface area contributed by atoms with Gasteiger partial charge in [0.2, 0.25) is 0 Å². The van der Waals surface area contributed by atoms with E-state index in [0.29, 0.717) is 16.8 Å². The molecule has 0 fully saturated rings. The lowest BCUT2D eigenvalue weighted by molar-refractivity contribution is 0.0247. The van der Waals surface area contributed by atoms with Crippen LogP contribution >= 0.6 is 0 Å². The maximum Gasteiger partial charge on any atom is 0.123 e. The second-order valence-electron chi connectivity index (χ2n) is 4.14. The van der Waals surface area contributed by atoms with Gasteiger partial charge in [0.1, 0.15) is 11.9 Å². The standard InChI is InChI=1S/C12H12FN5O2/c13-8-3-1-2-7(4-8)11-9(5-15-17-11)12(20)10(19)6-16-18-14/h1-5,10,12,19-20H,6H2,(H,15,17). The van der Waals surface area contributed by atoms with Crippen molar-refractivity contribution in [3.63, 3.8) is 0 Å². The van der Waals surface area contributed by atoms with Crippen molar-refractivity contribution in [3.05, 3.63) is 52.3 Å². The van der Waals surface area contributed by atoms with Crippen molar-refractivity contribution >= 4 is 0 Å². The Balaban J connectivity index is 2.30. The van der Waals surface area contributed by atoms with E-state index in [1.54, 1.807) is 6.07 Å². The molecule has 20 heavy (non-hydrogen) atoms. The van der Waals surface area contributed by atoms with E-state index < -0.39 is 18.0 Å². The average molecular weight is 277 g/mol. The topological polar surface area (TPSA) is 118 Å². The molecular formula is C12H12FN5O2. The quantitative estimate of drug-likeness (QED) is 0.440. The molecule has 0 spiro atoms. The lowest BCUT2D eigenvalue weighted by Crippen LogP contribution is -2.21. The van der Waals surface area contributed by atoms with Crippen LogP contribution in [0.25, 0.3) is 21.7 Å². The van der Waals surface area contributed by atoms with Crippen LogP contribution < -0.4 is 0 Å². The summed E-state index contributed by atoms with van der Waals surface area (Å²) < 4.78 is 13.2. The number of aromatic amines is 1. The van der Waals surface area contributed by atoms with Gasteiger partial charge in [0.25, 0.3) is 0 Å². The number of nitrogens with one attached hydrogen (secondary N) is 1. The Hall–Kier alpha value is -2.41. The van der Waals surface area contributed by atoms with Gasteiger partial charge in [0.05, 0.1) is 24.5 Å². The molecule has 0 saturated carbocycles. The van der Waals surface area contributed by atoms with E-state index in [0.717, 1.165) is 0 Å². The van der Waals surface area contributed by atoms with Crippen molar-refractivity contribution in [3.8, 4) is 11.3 Å². The van der Waals surface area contributed by atoms with E-state index in [1.165, 1.54) is 24.4 Å². The van der Waals surface area contributed by atoms with Crippen LogP contribution in [0, 0.1) is 5.82 Å². The first-order valence-corrected chi connectivity index (χ1v) is 5.79. The van der Waals surface area contributed by atoms with Gasteiger partial charge in [0.15, 0.2) is 0 Å². The number of azide groups is 1. The van der Waals surface area contributed by atoms with Gasteiger partial charge in [-0.25, -0.2) is 4.39 Å². The summed E-state index contributed by atoms with van der Waals surface area (Å²) >= 11 is 0. The molecule has 2 rings (SSSR count). The number of hydrogen-bond acceptors (Lipinski definition) is 4. The van der Waals surface area contributed by atoms with Gasteiger partial charge < -0.3 is 10.2 Å². The molecule has 104 valence electrons. The van der Waals surface area contributed by atoms with Crippen LogP contribution in [0.15, 0.2) is 35.6 Å². The summed E-state index contributed by atoms with van der Waals surface area (Å²) in [6.07, 6.45) is -1.22. The molecule has 3 N–H and O–H groups in total. The van der Waals surface area contributed by atoms with Crippen LogP contribution in [0.3, 0.4) is 0 Å². The SMILES string of the molecule is [N-]=[N+]=NCC(O)C(O)c1cn[nH]c1-c1cccc(F)c1. The van der Waals surface area contributed by atoms with Crippen molar-refractivity contribution in [2.45, 2.75) is 12.2 Å². The summed E-state index contributed by atoms with van der Waals surface area (Å²) in [4.78, 5) is 2.51. The maximum absolute atomic E-state index is 13.2. The highest BCUT2D eigenvalue weighted by Gasteiger charge is 2.22. The Morgan fingerprint density at radius 3 is 2.95 bits per heavy atom. The summed E-state index contributed by atoms with van der Waals surface area (Å²) in [7, 11) is 0. The highest BCUT2D eigenvalue weighted by molar-refractivity contribution is 5.63. The van der Waals surface area contributed by atoms with Gasteiger partial charge in [-0.1, -0.05) is 17.2 Å². The minimum absolute atomic E-state index is 0.272. The maximum atomic E-state index is 13.2. The predicted molar refractivity (Wildman–Crippen MR) is 69.0 cm³/mol. The average Bonchev–Trinajstić information content (AvgIpc) is 2.93. The van der Waals surface area contributed by atoms with E-state index in [1.807, 2.05) is 0 Å². The number of aromatic nitrogens is 2. The molecule has 2 atom stereocenters. The molecular weight excluding hydrogens is 265 g/mol. The van der Waals surface area contributed by atoms with Crippen LogP contribution in [0.5, 0.6) is 0 Å². The van der Waals surface area contributed by atoms with Crippen LogP contribution in [0.2, 0.25) is 0 Å². The molecule has 1 aromatic heterocycles. The van der Waals surface area contributed by atoms with Gasteiger partial charge in [-0.05, 0) is 17.7 Å². The van der Waals surface area contributed by atoms with Crippen LogP contribution in [-0.2, 0) is 0 Å². The minimum atomic E-state index is -1.29. The largest absolute Gasteiger partial charge is 0.390 e. The molecule has 7 nitrogen and oxygen atoms in total. The summed E-state index contributed by atoms with van der Waals surface area (Å²) in [5.74, 6) is -0.424. The fourth-order valence-electron chi connectivity index (χ4n) is 1.82. The highest BCUT2D eigenvalue weighted by Crippen LogP contribution is 2.28. The number of halogens is 1. The molecule has 1 aromatic carbocycles. The van der Waals surface area contributed by atoms with E-state index in [2.05, 4.69) is 20.2 Å². The normalized spacial score (nSPS) is 13.6. The fourth-order valence-corrected chi connectivity index (χ4v) is 1.82. The Morgan fingerprint density at radius 1 is 1.45 bits per heavy atom. The van der Waals surface area contributed by atoms with Crippen LogP contribution in [0.1, 0.15) is 11.7 Å². The zero-order valence-corrected chi connectivity index (χ0v) is 10.3. The third-order valence-corrected chi connectivity index (χ3v) is 2.80. The molecule has 0 amide bonds. The van der Waals surface area contributed by atoms with Crippen molar-refractivity contribution in [2.24, 2.45) is 5.11 Å². The Labute approximate surface area is 113 Å². The first kappa shape index (κ1) is 14.0. The second kappa shape index (κ2) is 6.16. The molecule has 2 aromatic rings. The Morgan fingerprint density at radius 2 is 2.25 bits per heavy atom. The monoisotopic (exact) mass is 277 g/mol. The number of hydrogen-bond donors (Lipinski definition) is 3. The van der Waals surface area contributed by atoms with Gasteiger partial charge >= 0.3 is 0 Å². The number of nitrogens with zero attached hydrogens (tertiary/aromatic N) is 4. The number of aliphatic hydroxyl groups excluding tert-OH is 2. The molecule has 0 radical (unpaired) electrons. The Kier molecular flexibility index (Phi) is 4.31. The lowest BCUT2D eigenvalue weighted by Gasteiger charge is -2.16. The van der Waals surface area contributed by atoms with Gasteiger partial charge in [-0.3, -0.25) is 5.10 Å². The first-order chi connectivity index (χ1) is 9.63. The van der Waals surface area contributed by atoms with Gasteiger partial charge in [0, 0.05) is 16.0 Å². The third kappa shape index (κ3) is 2.94. The highest BCUT2D eigenvalue weighted by atomic mass is 19.1. The number of H-pyrrole nitrogens is 1. The zero-order valence-electron chi connectivity index (χ0n) is 10.3. The number of rotatable bonds is 5. The first-order valence-electron chi connectivity index (χ1n) is 5.79. The smallest absolute Gasteiger partial charge is 0.123 e.